The molecule has 0 aliphatic rings. The van der Waals surface area contributed by atoms with Crippen LogP contribution in [-0.2, 0) is 11.3 Å². The second-order valence-electron chi connectivity index (χ2n) is 5.78. The maximum Gasteiger partial charge on any atom is 0.262 e. The van der Waals surface area contributed by atoms with Crippen molar-refractivity contribution in [2.75, 3.05) is 25.0 Å². The highest BCUT2D eigenvalue weighted by molar-refractivity contribution is 7.16. The summed E-state index contributed by atoms with van der Waals surface area (Å²) in [6.45, 7) is 1.40. The van der Waals surface area contributed by atoms with Crippen LogP contribution < -0.4 is 15.8 Å². The van der Waals surface area contributed by atoms with Crippen LogP contribution in [0.3, 0.4) is 0 Å². The van der Waals surface area contributed by atoms with E-state index in [1.807, 2.05) is 30.6 Å². The lowest BCUT2D eigenvalue weighted by atomic mass is 10.3. The maximum absolute atomic E-state index is 12.2. The van der Waals surface area contributed by atoms with E-state index in [0.29, 0.717) is 16.8 Å². The molecule has 0 fully saturated rings. The third kappa shape index (κ3) is 4.24. The van der Waals surface area contributed by atoms with Crippen LogP contribution in [0.15, 0.2) is 52.9 Å². The molecular formula is C18H20N4O2S. The Balaban J connectivity index is 1.46. The quantitative estimate of drug-likeness (QED) is 0.659. The molecule has 0 radical (unpaired) electrons. The topological polar surface area (TPSA) is 67.2 Å². The fraction of sp³-hybridized carbons (Fsp3) is 0.278. The highest BCUT2D eigenvalue weighted by Gasteiger charge is 2.08. The summed E-state index contributed by atoms with van der Waals surface area (Å²) in [4.78, 5) is 31.3. The maximum atomic E-state index is 12.2. The van der Waals surface area contributed by atoms with Gasteiger partial charge in [-0.25, -0.2) is 4.98 Å². The highest BCUT2D eigenvalue weighted by atomic mass is 32.1. The van der Waals surface area contributed by atoms with Gasteiger partial charge in [-0.1, -0.05) is 18.2 Å². The minimum Gasteiger partial charge on any atom is -0.375 e. The lowest BCUT2D eigenvalue weighted by molar-refractivity contribution is -0.121. The zero-order chi connectivity index (χ0) is 17.6. The lowest BCUT2D eigenvalue weighted by Crippen LogP contribution is -2.34. The van der Waals surface area contributed by atoms with Crippen LogP contribution in [-0.4, -0.2) is 35.6 Å². The SMILES string of the molecule is CN(CCCNC(=O)Cn1cnc2sccc2c1=O)c1ccccc1. The highest BCUT2D eigenvalue weighted by Crippen LogP contribution is 2.13. The van der Waals surface area contributed by atoms with Gasteiger partial charge in [0.2, 0.25) is 5.91 Å². The van der Waals surface area contributed by atoms with Gasteiger partial charge in [-0.05, 0) is 30.0 Å². The summed E-state index contributed by atoms with van der Waals surface area (Å²) in [6.07, 6.45) is 2.26. The predicted molar refractivity (Wildman–Crippen MR) is 101 cm³/mol. The third-order valence-corrected chi connectivity index (χ3v) is 4.77. The first-order valence-electron chi connectivity index (χ1n) is 8.10. The van der Waals surface area contributed by atoms with E-state index in [4.69, 9.17) is 0 Å². The summed E-state index contributed by atoms with van der Waals surface area (Å²) in [5.41, 5.74) is 0.973. The molecule has 2 heterocycles. The molecule has 1 N–H and O–H groups in total. The Labute approximate surface area is 149 Å². The number of amides is 1. The number of thiophene rings is 1. The van der Waals surface area contributed by atoms with Gasteiger partial charge in [-0.2, -0.15) is 0 Å². The number of anilines is 1. The van der Waals surface area contributed by atoms with Gasteiger partial charge in [-0.15, -0.1) is 11.3 Å². The first-order chi connectivity index (χ1) is 12.1. The number of benzene rings is 1. The number of fused-ring (bicyclic) bond motifs is 1. The van der Waals surface area contributed by atoms with Crippen LogP contribution >= 0.6 is 11.3 Å². The molecule has 0 atom stereocenters. The molecule has 1 amide bonds. The molecule has 7 heteroatoms. The molecule has 6 nitrogen and oxygen atoms in total. The van der Waals surface area contributed by atoms with Crippen LogP contribution in [0, 0.1) is 0 Å². The van der Waals surface area contributed by atoms with E-state index in [1.54, 1.807) is 6.07 Å². The summed E-state index contributed by atoms with van der Waals surface area (Å²) in [5, 5.41) is 5.24. The van der Waals surface area contributed by atoms with Crippen molar-refractivity contribution in [3.8, 4) is 0 Å². The van der Waals surface area contributed by atoms with Crippen molar-refractivity contribution in [2.45, 2.75) is 13.0 Å². The molecule has 0 saturated carbocycles. The fourth-order valence-corrected chi connectivity index (χ4v) is 3.30. The number of rotatable bonds is 7. The summed E-state index contributed by atoms with van der Waals surface area (Å²) < 4.78 is 1.35. The molecule has 0 aliphatic carbocycles. The van der Waals surface area contributed by atoms with Gasteiger partial charge < -0.3 is 10.2 Å². The van der Waals surface area contributed by atoms with E-state index in [9.17, 15) is 9.59 Å². The average molecular weight is 356 g/mol. The molecule has 0 bridgehead atoms. The number of hydrogen-bond acceptors (Lipinski definition) is 5. The average Bonchev–Trinajstić information content (AvgIpc) is 3.11. The number of nitrogens with zero attached hydrogens (tertiary/aromatic N) is 3. The Hall–Kier alpha value is -2.67. The van der Waals surface area contributed by atoms with Gasteiger partial charge >= 0.3 is 0 Å². The molecule has 2 aromatic heterocycles. The van der Waals surface area contributed by atoms with Crippen LogP contribution in [0.25, 0.3) is 10.2 Å². The number of para-hydroxylation sites is 1. The van der Waals surface area contributed by atoms with Crippen LogP contribution in [0.2, 0.25) is 0 Å². The normalized spacial score (nSPS) is 10.8. The zero-order valence-electron chi connectivity index (χ0n) is 14.0. The number of hydrogen-bond donors (Lipinski definition) is 1. The number of nitrogens with one attached hydrogen (secondary N) is 1. The van der Waals surface area contributed by atoms with Crippen molar-refractivity contribution in [3.63, 3.8) is 0 Å². The van der Waals surface area contributed by atoms with Crippen molar-refractivity contribution in [1.29, 1.82) is 0 Å². The minimum absolute atomic E-state index is 0.00779. The van der Waals surface area contributed by atoms with E-state index >= 15 is 0 Å². The summed E-state index contributed by atoms with van der Waals surface area (Å²) in [6, 6.07) is 11.8. The molecule has 130 valence electrons. The van der Waals surface area contributed by atoms with Crippen molar-refractivity contribution >= 4 is 33.1 Å². The number of carbonyl (C=O) groups excluding carboxylic acids is 1. The molecule has 0 aliphatic heterocycles. The molecule has 3 aromatic rings. The monoisotopic (exact) mass is 356 g/mol. The Kier molecular flexibility index (Phi) is 5.45. The van der Waals surface area contributed by atoms with Crippen molar-refractivity contribution in [2.24, 2.45) is 0 Å². The van der Waals surface area contributed by atoms with Gasteiger partial charge in [0.15, 0.2) is 0 Å². The van der Waals surface area contributed by atoms with Crippen LogP contribution in [0.4, 0.5) is 5.69 Å². The van der Waals surface area contributed by atoms with E-state index in [1.165, 1.54) is 22.2 Å². The third-order valence-electron chi connectivity index (χ3n) is 3.95. The summed E-state index contributed by atoms with van der Waals surface area (Å²) in [7, 11) is 2.03. The number of aromatic nitrogens is 2. The van der Waals surface area contributed by atoms with Gasteiger partial charge in [0, 0.05) is 25.8 Å². The summed E-state index contributed by atoms with van der Waals surface area (Å²) >= 11 is 1.42. The smallest absolute Gasteiger partial charge is 0.262 e. The Morgan fingerprint density at radius 3 is 2.88 bits per heavy atom. The van der Waals surface area contributed by atoms with Crippen LogP contribution in [0.1, 0.15) is 6.42 Å². The van der Waals surface area contributed by atoms with Crippen molar-refractivity contribution < 1.29 is 4.79 Å². The molecule has 25 heavy (non-hydrogen) atoms. The van der Waals surface area contributed by atoms with Gasteiger partial charge in [0.05, 0.1) is 11.7 Å². The Morgan fingerprint density at radius 1 is 1.28 bits per heavy atom. The zero-order valence-corrected chi connectivity index (χ0v) is 14.8. The first-order valence-corrected chi connectivity index (χ1v) is 8.98. The predicted octanol–water partition coefficient (Wildman–Crippen LogP) is 2.10. The molecule has 3 rings (SSSR count). The largest absolute Gasteiger partial charge is 0.375 e. The summed E-state index contributed by atoms with van der Waals surface area (Å²) in [5.74, 6) is -0.180. The van der Waals surface area contributed by atoms with Gasteiger partial charge in [0.1, 0.15) is 11.4 Å². The fourth-order valence-electron chi connectivity index (χ4n) is 2.57. The van der Waals surface area contributed by atoms with E-state index in [0.717, 1.165) is 18.7 Å². The minimum atomic E-state index is -0.180. The Bertz CT molecular complexity index is 904. The first kappa shape index (κ1) is 17.2. The van der Waals surface area contributed by atoms with Crippen LogP contribution in [0.5, 0.6) is 0 Å². The second kappa shape index (κ2) is 7.94. The molecule has 0 spiro atoms. The molecule has 0 saturated heterocycles. The van der Waals surface area contributed by atoms with E-state index in [-0.39, 0.29) is 18.0 Å². The number of carbonyl (C=O) groups is 1. The van der Waals surface area contributed by atoms with E-state index < -0.39 is 0 Å². The standard InChI is InChI=1S/C18H20N4O2S/c1-21(14-6-3-2-4-7-14)10-5-9-19-16(23)12-22-13-20-17-15(18(22)24)8-11-25-17/h2-4,6-8,11,13H,5,9-10,12H2,1H3,(H,19,23). The molecule has 0 unspecified atom stereocenters. The molecular weight excluding hydrogens is 336 g/mol. The Morgan fingerprint density at radius 2 is 2.08 bits per heavy atom. The molecule has 1 aromatic carbocycles. The van der Waals surface area contributed by atoms with Crippen molar-refractivity contribution in [1.82, 2.24) is 14.9 Å². The van der Waals surface area contributed by atoms with Crippen molar-refractivity contribution in [3.05, 3.63) is 58.5 Å². The lowest BCUT2D eigenvalue weighted by Gasteiger charge is -2.19. The van der Waals surface area contributed by atoms with Gasteiger partial charge in [0.25, 0.3) is 5.56 Å². The second-order valence-corrected chi connectivity index (χ2v) is 6.67. The van der Waals surface area contributed by atoms with Gasteiger partial charge in [-0.3, -0.25) is 14.2 Å². The van der Waals surface area contributed by atoms with E-state index in [2.05, 4.69) is 27.3 Å².